The van der Waals surface area contributed by atoms with Crippen molar-refractivity contribution in [2.75, 3.05) is 6.54 Å². The zero-order valence-corrected chi connectivity index (χ0v) is 11.5. The number of nitrogens with zero attached hydrogens (tertiary/aromatic N) is 1. The Morgan fingerprint density at radius 3 is 2.62 bits per heavy atom. The van der Waals surface area contributed by atoms with Crippen LogP contribution in [-0.2, 0) is 6.54 Å². The van der Waals surface area contributed by atoms with Crippen molar-refractivity contribution < 1.29 is 13.9 Å². The molecular formula is C15H17F2N3O. The quantitative estimate of drug-likeness (QED) is 0.793. The lowest BCUT2D eigenvalue weighted by Gasteiger charge is -2.36. The molecule has 4 nitrogen and oxygen atoms in total. The van der Waals surface area contributed by atoms with Crippen LogP contribution in [-0.4, -0.2) is 27.4 Å². The summed E-state index contributed by atoms with van der Waals surface area (Å²) in [7, 11) is 0. The van der Waals surface area contributed by atoms with Gasteiger partial charge in [-0.05, 0) is 31.4 Å². The Kier molecular flexibility index (Phi) is 3.73. The van der Waals surface area contributed by atoms with Crippen LogP contribution < -0.4 is 5.32 Å². The molecule has 1 saturated carbocycles. The summed E-state index contributed by atoms with van der Waals surface area (Å²) in [5.74, 6) is -1.25. The summed E-state index contributed by atoms with van der Waals surface area (Å²) in [4.78, 5) is 0. The molecule has 0 spiro atoms. The molecule has 0 aliphatic heterocycles. The van der Waals surface area contributed by atoms with Gasteiger partial charge in [-0.25, -0.2) is 8.78 Å². The second kappa shape index (κ2) is 5.54. The van der Waals surface area contributed by atoms with Crippen LogP contribution in [0.5, 0.6) is 0 Å². The summed E-state index contributed by atoms with van der Waals surface area (Å²) < 4.78 is 27.6. The number of halogens is 2. The average molecular weight is 293 g/mol. The van der Waals surface area contributed by atoms with E-state index < -0.39 is 17.2 Å². The van der Waals surface area contributed by atoms with E-state index in [1.807, 2.05) is 0 Å². The van der Waals surface area contributed by atoms with Crippen LogP contribution in [0, 0.1) is 11.6 Å². The third kappa shape index (κ3) is 2.82. The molecule has 0 amide bonds. The van der Waals surface area contributed by atoms with Crippen molar-refractivity contribution in [3.8, 4) is 11.3 Å². The molecule has 0 atom stereocenters. The molecule has 0 saturated heterocycles. The monoisotopic (exact) mass is 293 g/mol. The van der Waals surface area contributed by atoms with Crippen LogP contribution in [0.25, 0.3) is 11.3 Å². The maximum atomic E-state index is 13.8. The molecule has 1 aromatic heterocycles. The van der Waals surface area contributed by atoms with Gasteiger partial charge in [-0.15, -0.1) is 0 Å². The SMILES string of the molecule is OC1(CNCc2cn[nH]c2-c2c(F)cccc2F)CCC1. The van der Waals surface area contributed by atoms with Gasteiger partial charge >= 0.3 is 0 Å². The van der Waals surface area contributed by atoms with Crippen molar-refractivity contribution in [2.24, 2.45) is 0 Å². The highest BCUT2D eigenvalue weighted by molar-refractivity contribution is 5.64. The standard InChI is InChI=1S/C15H17F2N3O/c16-11-3-1-4-12(17)13(11)14-10(8-19-20-14)7-18-9-15(21)5-2-6-15/h1,3-4,8,18,21H,2,5-7,9H2,(H,19,20). The molecule has 1 heterocycles. The first-order valence-electron chi connectivity index (χ1n) is 6.99. The lowest BCUT2D eigenvalue weighted by Crippen LogP contribution is -2.45. The molecular weight excluding hydrogens is 276 g/mol. The van der Waals surface area contributed by atoms with Gasteiger partial charge in [-0.2, -0.15) is 5.10 Å². The molecule has 21 heavy (non-hydrogen) atoms. The summed E-state index contributed by atoms with van der Waals surface area (Å²) in [5.41, 5.74) is 0.266. The fourth-order valence-electron chi connectivity index (χ4n) is 2.59. The molecule has 3 N–H and O–H groups in total. The van der Waals surface area contributed by atoms with Crippen LogP contribution in [0.1, 0.15) is 24.8 Å². The molecule has 1 fully saturated rings. The lowest BCUT2D eigenvalue weighted by molar-refractivity contribution is -0.0314. The van der Waals surface area contributed by atoms with Crippen LogP contribution >= 0.6 is 0 Å². The highest BCUT2D eigenvalue weighted by atomic mass is 19.1. The van der Waals surface area contributed by atoms with Crippen LogP contribution in [0.3, 0.4) is 0 Å². The van der Waals surface area contributed by atoms with Crippen molar-refractivity contribution in [1.82, 2.24) is 15.5 Å². The summed E-state index contributed by atoms with van der Waals surface area (Å²) in [5, 5.41) is 19.6. The topological polar surface area (TPSA) is 60.9 Å². The van der Waals surface area contributed by atoms with E-state index in [1.165, 1.54) is 18.2 Å². The van der Waals surface area contributed by atoms with E-state index >= 15 is 0 Å². The summed E-state index contributed by atoms with van der Waals surface area (Å²) in [6, 6.07) is 3.76. The van der Waals surface area contributed by atoms with E-state index in [0.29, 0.717) is 24.3 Å². The molecule has 0 bridgehead atoms. The van der Waals surface area contributed by atoms with Crippen molar-refractivity contribution in [3.63, 3.8) is 0 Å². The van der Waals surface area contributed by atoms with Crippen molar-refractivity contribution in [1.29, 1.82) is 0 Å². The Labute approximate surface area is 121 Å². The van der Waals surface area contributed by atoms with Gasteiger partial charge < -0.3 is 10.4 Å². The fraction of sp³-hybridized carbons (Fsp3) is 0.400. The Balaban J connectivity index is 1.75. The first kappa shape index (κ1) is 14.2. The van der Waals surface area contributed by atoms with Crippen LogP contribution in [0.15, 0.2) is 24.4 Å². The summed E-state index contributed by atoms with van der Waals surface area (Å²) >= 11 is 0. The number of aliphatic hydroxyl groups is 1. The van der Waals surface area contributed by atoms with Crippen molar-refractivity contribution >= 4 is 0 Å². The minimum atomic E-state index is -0.632. The van der Waals surface area contributed by atoms with Crippen molar-refractivity contribution in [3.05, 3.63) is 41.6 Å². The smallest absolute Gasteiger partial charge is 0.135 e. The van der Waals surface area contributed by atoms with Gasteiger partial charge in [0.2, 0.25) is 0 Å². The second-order valence-corrected chi connectivity index (χ2v) is 5.55. The third-order valence-corrected chi connectivity index (χ3v) is 3.98. The number of H-pyrrole nitrogens is 1. The minimum Gasteiger partial charge on any atom is -0.389 e. The van der Waals surface area contributed by atoms with E-state index in [-0.39, 0.29) is 5.56 Å². The molecule has 2 aromatic rings. The summed E-state index contributed by atoms with van der Waals surface area (Å²) in [6.07, 6.45) is 4.16. The zero-order valence-electron chi connectivity index (χ0n) is 11.5. The van der Waals surface area contributed by atoms with Crippen LogP contribution in [0.2, 0.25) is 0 Å². The highest BCUT2D eigenvalue weighted by Gasteiger charge is 2.33. The number of rotatable bonds is 5. The molecule has 1 aromatic carbocycles. The first-order chi connectivity index (χ1) is 10.1. The molecule has 1 aliphatic carbocycles. The number of aromatic amines is 1. The van der Waals surface area contributed by atoms with Gasteiger partial charge in [-0.1, -0.05) is 6.07 Å². The number of hydrogen-bond acceptors (Lipinski definition) is 3. The number of nitrogens with one attached hydrogen (secondary N) is 2. The predicted octanol–water partition coefficient (Wildman–Crippen LogP) is 2.36. The number of benzene rings is 1. The Hall–Kier alpha value is -1.79. The van der Waals surface area contributed by atoms with E-state index in [0.717, 1.165) is 19.3 Å². The molecule has 0 radical (unpaired) electrons. The predicted molar refractivity (Wildman–Crippen MR) is 74.4 cm³/mol. The Morgan fingerprint density at radius 2 is 2.00 bits per heavy atom. The molecule has 3 rings (SSSR count). The normalized spacial score (nSPS) is 16.7. The van der Waals surface area contributed by atoms with Gasteiger partial charge in [0, 0.05) is 18.7 Å². The van der Waals surface area contributed by atoms with Gasteiger partial charge in [-0.3, -0.25) is 5.10 Å². The van der Waals surface area contributed by atoms with Gasteiger partial charge in [0.1, 0.15) is 11.6 Å². The zero-order chi connectivity index (χ0) is 14.9. The Bertz CT molecular complexity index is 617. The van der Waals surface area contributed by atoms with Gasteiger partial charge in [0.25, 0.3) is 0 Å². The average Bonchev–Trinajstić information content (AvgIpc) is 2.85. The number of hydrogen-bond donors (Lipinski definition) is 3. The largest absolute Gasteiger partial charge is 0.389 e. The second-order valence-electron chi connectivity index (χ2n) is 5.55. The lowest BCUT2D eigenvalue weighted by atomic mass is 9.80. The van der Waals surface area contributed by atoms with Gasteiger partial charge in [0.15, 0.2) is 0 Å². The van der Waals surface area contributed by atoms with Crippen LogP contribution in [0.4, 0.5) is 8.78 Å². The number of aromatic nitrogens is 2. The van der Waals surface area contributed by atoms with E-state index in [4.69, 9.17) is 0 Å². The Morgan fingerprint density at radius 1 is 1.29 bits per heavy atom. The van der Waals surface area contributed by atoms with E-state index in [9.17, 15) is 13.9 Å². The maximum absolute atomic E-state index is 13.8. The van der Waals surface area contributed by atoms with Crippen molar-refractivity contribution in [2.45, 2.75) is 31.4 Å². The third-order valence-electron chi connectivity index (χ3n) is 3.98. The summed E-state index contributed by atoms with van der Waals surface area (Å²) in [6.45, 7) is 0.860. The molecule has 1 aliphatic rings. The molecule has 0 unspecified atom stereocenters. The minimum absolute atomic E-state index is 0.103. The fourth-order valence-corrected chi connectivity index (χ4v) is 2.59. The van der Waals surface area contributed by atoms with Gasteiger partial charge in [0.05, 0.1) is 23.1 Å². The first-order valence-corrected chi connectivity index (χ1v) is 6.99. The van der Waals surface area contributed by atoms with E-state index in [2.05, 4.69) is 15.5 Å². The highest BCUT2D eigenvalue weighted by Crippen LogP contribution is 2.31. The molecule has 6 heteroatoms. The van der Waals surface area contributed by atoms with E-state index in [1.54, 1.807) is 6.20 Å². The molecule has 112 valence electrons. The maximum Gasteiger partial charge on any atom is 0.135 e.